The number of likely N-dealkylation sites (tertiary alicyclic amines) is 1. The zero-order valence-electron chi connectivity index (χ0n) is 19.1. The van der Waals surface area contributed by atoms with Gasteiger partial charge in [0, 0.05) is 24.4 Å². The quantitative estimate of drug-likeness (QED) is 0.389. The van der Waals surface area contributed by atoms with E-state index in [0.717, 1.165) is 36.5 Å². The molecular weight excluding hydrogens is 398 g/mol. The van der Waals surface area contributed by atoms with Crippen molar-refractivity contribution in [3.63, 3.8) is 0 Å². The van der Waals surface area contributed by atoms with Crippen molar-refractivity contribution < 1.29 is 9.53 Å². The Hall–Kier alpha value is -3.18. The molecule has 0 amide bonds. The highest BCUT2D eigenvalue weighted by atomic mass is 16.5. The molecule has 2 heterocycles. The van der Waals surface area contributed by atoms with Gasteiger partial charge in [0.1, 0.15) is 0 Å². The fraction of sp³-hybridized carbons (Fsp3) is 0.333. The first-order chi connectivity index (χ1) is 15.6. The molecule has 3 aromatic rings. The second kappa shape index (κ2) is 9.96. The monoisotopic (exact) mass is 429 g/mol. The van der Waals surface area contributed by atoms with Gasteiger partial charge in [-0.1, -0.05) is 42.5 Å². The molecule has 0 saturated carbocycles. The van der Waals surface area contributed by atoms with Crippen LogP contribution >= 0.6 is 0 Å². The summed E-state index contributed by atoms with van der Waals surface area (Å²) in [5.41, 5.74) is 7.15. The fourth-order valence-corrected chi connectivity index (χ4v) is 4.65. The number of aryl methyl sites for hydroxylation is 1. The molecule has 0 unspecified atom stereocenters. The summed E-state index contributed by atoms with van der Waals surface area (Å²) in [6, 6.07) is 19.3. The number of hydrogen-bond acceptors (Lipinski definition) is 4. The van der Waals surface area contributed by atoms with Crippen LogP contribution in [-0.2, 0) is 16.0 Å². The number of hydrogen-bond donors (Lipinski definition) is 0. The number of methoxy groups -OCH3 is 1. The van der Waals surface area contributed by atoms with E-state index in [1.54, 1.807) is 6.08 Å². The SMILES string of the molecule is COC(=O)/C=C/c1ccc([C@@H]2CCCN2CCc2c(C)nn(-c3ccccc3)c2C)cc1. The van der Waals surface area contributed by atoms with Crippen LogP contribution in [0.5, 0.6) is 0 Å². The Labute approximate surface area is 190 Å². The molecule has 1 atom stereocenters. The normalized spacial score (nSPS) is 16.7. The van der Waals surface area contributed by atoms with Gasteiger partial charge in [-0.3, -0.25) is 4.90 Å². The van der Waals surface area contributed by atoms with Crippen LogP contribution in [0.2, 0.25) is 0 Å². The summed E-state index contributed by atoms with van der Waals surface area (Å²) < 4.78 is 6.72. The molecule has 1 aromatic heterocycles. The molecule has 1 aliphatic rings. The third-order valence-corrected chi connectivity index (χ3v) is 6.39. The van der Waals surface area contributed by atoms with Crippen LogP contribution in [-0.4, -0.2) is 40.8 Å². The number of ether oxygens (including phenoxy) is 1. The van der Waals surface area contributed by atoms with Crippen LogP contribution in [0.4, 0.5) is 0 Å². The van der Waals surface area contributed by atoms with E-state index in [0.29, 0.717) is 6.04 Å². The molecule has 0 N–H and O–H groups in total. The first kappa shape index (κ1) is 22.0. The van der Waals surface area contributed by atoms with Crippen LogP contribution in [0.25, 0.3) is 11.8 Å². The molecular formula is C27H31N3O2. The van der Waals surface area contributed by atoms with Crippen LogP contribution < -0.4 is 0 Å². The first-order valence-corrected chi connectivity index (χ1v) is 11.3. The smallest absolute Gasteiger partial charge is 0.330 e. The molecule has 166 valence electrons. The molecule has 0 aliphatic carbocycles. The number of carbonyl (C=O) groups excluding carboxylic acids is 1. The zero-order chi connectivity index (χ0) is 22.5. The van der Waals surface area contributed by atoms with Crippen LogP contribution in [0.1, 0.15) is 47.0 Å². The van der Waals surface area contributed by atoms with Crippen molar-refractivity contribution in [3.05, 3.63) is 88.8 Å². The molecule has 0 radical (unpaired) electrons. The highest BCUT2D eigenvalue weighted by Crippen LogP contribution is 2.32. The van der Waals surface area contributed by atoms with Crippen molar-refractivity contribution in [1.29, 1.82) is 0 Å². The zero-order valence-corrected chi connectivity index (χ0v) is 19.1. The number of aromatic nitrogens is 2. The van der Waals surface area contributed by atoms with E-state index in [9.17, 15) is 4.79 Å². The van der Waals surface area contributed by atoms with Crippen molar-refractivity contribution in [2.75, 3.05) is 20.2 Å². The molecule has 5 heteroatoms. The number of nitrogens with zero attached hydrogens (tertiary/aromatic N) is 3. The molecule has 0 spiro atoms. The number of rotatable bonds is 7. The van der Waals surface area contributed by atoms with Crippen LogP contribution in [0.15, 0.2) is 60.7 Å². The Morgan fingerprint density at radius 1 is 1.12 bits per heavy atom. The predicted molar refractivity (Wildman–Crippen MR) is 128 cm³/mol. The Morgan fingerprint density at radius 3 is 2.59 bits per heavy atom. The van der Waals surface area contributed by atoms with Crippen molar-refractivity contribution in [2.45, 2.75) is 39.2 Å². The molecule has 5 nitrogen and oxygen atoms in total. The summed E-state index contributed by atoms with van der Waals surface area (Å²) in [5.74, 6) is -0.336. The molecule has 4 rings (SSSR count). The fourth-order valence-electron chi connectivity index (χ4n) is 4.65. The second-order valence-corrected chi connectivity index (χ2v) is 8.36. The maximum absolute atomic E-state index is 11.3. The largest absolute Gasteiger partial charge is 0.466 e. The average molecular weight is 430 g/mol. The molecule has 0 bridgehead atoms. The number of esters is 1. The second-order valence-electron chi connectivity index (χ2n) is 8.36. The Kier molecular flexibility index (Phi) is 6.86. The van der Waals surface area contributed by atoms with E-state index in [1.165, 1.54) is 42.8 Å². The molecule has 32 heavy (non-hydrogen) atoms. The highest BCUT2D eigenvalue weighted by Gasteiger charge is 2.26. The van der Waals surface area contributed by atoms with Crippen LogP contribution in [0, 0.1) is 13.8 Å². The van der Waals surface area contributed by atoms with Gasteiger partial charge in [-0.2, -0.15) is 5.10 Å². The standard InChI is InChI=1S/C27H31N3O2/c1-20-25(21(2)30(28-20)24-8-5-4-6-9-24)17-19-29-18-7-10-26(29)23-14-11-22(12-15-23)13-16-27(31)32-3/h4-6,8-9,11-16,26H,7,10,17-19H2,1-3H3/b16-13+/t26-/m0/s1. The third-order valence-electron chi connectivity index (χ3n) is 6.39. The Bertz CT molecular complexity index is 1080. The minimum Gasteiger partial charge on any atom is -0.466 e. The average Bonchev–Trinajstić information content (AvgIpc) is 3.41. The van der Waals surface area contributed by atoms with Gasteiger partial charge >= 0.3 is 5.97 Å². The van der Waals surface area contributed by atoms with Gasteiger partial charge in [-0.25, -0.2) is 9.48 Å². The topological polar surface area (TPSA) is 47.4 Å². The lowest BCUT2D eigenvalue weighted by molar-refractivity contribution is -0.134. The Morgan fingerprint density at radius 2 is 1.88 bits per heavy atom. The molecule has 1 aliphatic heterocycles. The molecule has 2 aromatic carbocycles. The lowest BCUT2D eigenvalue weighted by Crippen LogP contribution is -2.26. The van der Waals surface area contributed by atoms with E-state index >= 15 is 0 Å². The van der Waals surface area contributed by atoms with Gasteiger partial charge in [0.2, 0.25) is 0 Å². The van der Waals surface area contributed by atoms with Crippen molar-refractivity contribution >= 4 is 12.0 Å². The highest BCUT2D eigenvalue weighted by molar-refractivity contribution is 5.86. The lowest BCUT2D eigenvalue weighted by atomic mass is 10.0. The van der Waals surface area contributed by atoms with E-state index in [1.807, 2.05) is 6.07 Å². The van der Waals surface area contributed by atoms with Gasteiger partial charge in [0.05, 0.1) is 18.5 Å². The first-order valence-electron chi connectivity index (χ1n) is 11.3. The van der Waals surface area contributed by atoms with Gasteiger partial charge in [0.25, 0.3) is 0 Å². The lowest BCUT2D eigenvalue weighted by Gasteiger charge is -2.25. The third kappa shape index (κ3) is 4.83. The maximum atomic E-state index is 11.3. The minimum absolute atomic E-state index is 0.336. The summed E-state index contributed by atoms with van der Waals surface area (Å²) in [6.07, 6.45) is 6.64. The van der Waals surface area contributed by atoms with E-state index in [4.69, 9.17) is 5.10 Å². The predicted octanol–water partition coefficient (Wildman–Crippen LogP) is 5.05. The summed E-state index contributed by atoms with van der Waals surface area (Å²) in [7, 11) is 1.39. The maximum Gasteiger partial charge on any atom is 0.330 e. The van der Waals surface area contributed by atoms with Crippen molar-refractivity contribution in [3.8, 4) is 5.69 Å². The van der Waals surface area contributed by atoms with Gasteiger partial charge in [0.15, 0.2) is 0 Å². The summed E-state index contributed by atoms with van der Waals surface area (Å²) in [5, 5.41) is 4.81. The summed E-state index contributed by atoms with van der Waals surface area (Å²) in [6.45, 7) is 6.44. The van der Waals surface area contributed by atoms with Crippen LogP contribution in [0.3, 0.4) is 0 Å². The van der Waals surface area contributed by atoms with E-state index in [2.05, 4.69) is 76.7 Å². The van der Waals surface area contributed by atoms with Gasteiger partial charge in [-0.05, 0) is 74.6 Å². The Balaban J connectivity index is 1.44. The van der Waals surface area contributed by atoms with Crippen molar-refractivity contribution in [2.24, 2.45) is 0 Å². The number of benzene rings is 2. The number of para-hydroxylation sites is 1. The summed E-state index contributed by atoms with van der Waals surface area (Å²) in [4.78, 5) is 13.9. The summed E-state index contributed by atoms with van der Waals surface area (Å²) >= 11 is 0. The number of carbonyl (C=O) groups is 1. The molecule has 1 fully saturated rings. The molecule has 1 saturated heterocycles. The van der Waals surface area contributed by atoms with Crippen molar-refractivity contribution in [1.82, 2.24) is 14.7 Å². The van der Waals surface area contributed by atoms with Gasteiger partial charge in [-0.15, -0.1) is 0 Å². The van der Waals surface area contributed by atoms with E-state index in [-0.39, 0.29) is 5.97 Å². The van der Waals surface area contributed by atoms with Gasteiger partial charge < -0.3 is 4.74 Å². The minimum atomic E-state index is -0.336. The van der Waals surface area contributed by atoms with E-state index < -0.39 is 0 Å².